The van der Waals surface area contributed by atoms with Gasteiger partial charge >= 0.3 is 0 Å². The van der Waals surface area contributed by atoms with Crippen molar-refractivity contribution in [2.45, 2.75) is 44.3 Å². The molecule has 1 aromatic rings. The number of nitrogens with zero attached hydrogens (tertiary/aromatic N) is 3. The van der Waals surface area contributed by atoms with Crippen molar-refractivity contribution in [2.24, 2.45) is 0 Å². The van der Waals surface area contributed by atoms with Gasteiger partial charge in [0.15, 0.2) is 5.16 Å². The molecular weight excluding hydrogens is 244 g/mol. The molecule has 4 nitrogen and oxygen atoms in total. The lowest BCUT2D eigenvalue weighted by atomic mass is 9.99. The summed E-state index contributed by atoms with van der Waals surface area (Å²) < 4.78 is 0. The third-order valence-electron chi connectivity index (χ3n) is 2.81. The Morgan fingerprint density at radius 1 is 1.39 bits per heavy atom. The fraction of sp³-hybridized carbons (Fsp3) is 0.615. The second-order valence-electron chi connectivity index (χ2n) is 4.58. The summed E-state index contributed by atoms with van der Waals surface area (Å²) in [6, 6.07) is 4.26. The summed E-state index contributed by atoms with van der Waals surface area (Å²) in [6.45, 7) is 5.88. The first-order chi connectivity index (χ1) is 8.49. The van der Waals surface area contributed by atoms with Crippen LogP contribution in [0.1, 0.15) is 31.2 Å². The van der Waals surface area contributed by atoms with E-state index in [1.165, 1.54) is 0 Å². The van der Waals surface area contributed by atoms with Crippen LogP contribution in [-0.2, 0) is 0 Å². The van der Waals surface area contributed by atoms with E-state index in [9.17, 15) is 0 Å². The molecule has 0 aromatic carbocycles. The molecule has 0 aliphatic carbocycles. The van der Waals surface area contributed by atoms with Gasteiger partial charge in [0.25, 0.3) is 0 Å². The van der Waals surface area contributed by atoms with Gasteiger partial charge in [-0.3, -0.25) is 0 Å². The average Bonchev–Trinajstić information content (AvgIpc) is 2.33. The molecule has 0 amide bonds. The fourth-order valence-corrected chi connectivity index (χ4v) is 2.47. The first-order valence-corrected chi connectivity index (χ1v) is 7.03. The summed E-state index contributed by atoms with van der Waals surface area (Å²) in [6.07, 6.45) is 1.80. The van der Waals surface area contributed by atoms with Crippen LogP contribution >= 0.6 is 11.8 Å². The molecule has 0 radical (unpaired) electrons. The second kappa shape index (κ2) is 6.72. The molecular formula is C13H20N4S. The zero-order chi connectivity index (χ0) is 13.6. The molecule has 1 rings (SSSR count). The van der Waals surface area contributed by atoms with Gasteiger partial charge in [-0.15, -0.1) is 0 Å². The summed E-state index contributed by atoms with van der Waals surface area (Å²) in [5, 5.41) is 12.9. The molecule has 1 atom stereocenters. The number of hydrogen-bond acceptors (Lipinski definition) is 5. The van der Waals surface area contributed by atoms with Gasteiger partial charge in [-0.1, -0.05) is 11.8 Å². The molecule has 5 heteroatoms. The molecule has 0 aliphatic rings. The SMILES string of the molecule is CNC(C)(C#N)CCCSc1nc(C)cc(C)n1. The summed E-state index contributed by atoms with van der Waals surface area (Å²) in [4.78, 5) is 8.76. The Morgan fingerprint density at radius 2 is 2.00 bits per heavy atom. The van der Waals surface area contributed by atoms with E-state index in [-0.39, 0.29) is 0 Å². The average molecular weight is 264 g/mol. The number of aryl methyl sites for hydroxylation is 2. The lowest BCUT2D eigenvalue weighted by Gasteiger charge is -2.19. The van der Waals surface area contributed by atoms with E-state index >= 15 is 0 Å². The van der Waals surface area contributed by atoms with Gasteiger partial charge in [-0.25, -0.2) is 9.97 Å². The van der Waals surface area contributed by atoms with Crippen LogP contribution in [0.2, 0.25) is 0 Å². The molecule has 0 saturated heterocycles. The maximum absolute atomic E-state index is 9.03. The van der Waals surface area contributed by atoms with Gasteiger partial charge in [-0.05, 0) is 46.7 Å². The van der Waals surface area contributed by atoms with Crippen molar-refractivity contribution in [3.8, 4) is 6.07 Å². The first-order valence-electron chi connectivity index (χ1n) is 6.04. The van der Waals surface area contributed by atoms with Crippen molar-refractivity contribution in [3.63, 3.8) is 0 Å². The highest BCUT2D eigenvalue weighted by Crippen LogP contribution is 2.18. The highest BCUT2D eigenvalue weighted by molar-refractivity contribution is 7.99. The van der Waals surface area contributed by atoms with Crippen molar-refractivity contribution in [1.82, 2.24) is 15.3 Å². The quantitative estimate of drug-likeness (QED) is 0.486. The van der Waals surface area contributed by atoms with Crippen LogP contribution in [0.5, 0.6) is 0 Å². The van der Waals surface area contributed by atoms with Crippen molar-refractivity contribution >= 4 is 11.8 Å². The van der Waals surface area contributed by atoms with E-state index < -0.39 is 5.54 Å². The van der Waals surface area contributed by atoms with Gasteiger partial charge in [-0.2, -0.15) is 5.26 Å². The van der Waals surface area contributed by atoms with E-state index in [2.05, 4.69) is 21.4 Å². The van der Waals surface area contributed by atoms with Crippen LogP contribution < -0.4 is 5.32 Å². The summed E-state index contributed by atoms with van der Waals surface area (Å²) in [5.74, 6) is 0.932. The minimum atomic E-state index is -0.427. The molecule has 1 unspecified atom stereocenters. The van der Waals surface area contributed by atoms with Gasteiger partial charge < -0.3 is 5.32 Å². The zero-order valence-electron chi connectivity index (χ0n) is 11.4. The Labute approximate surface area is 113 Å². The Kier molecular flexibility index (Phi) is 5.57. The predicted octanol–water partition coefficient (Wildman–Crippen LogP) is 2.47. The summed E-state index contributed by atoms with van der Waals surface area (Å²) >= 11 is 1.65. The number of hydrogen-bond donors (Lipinski definition) is 1. The molecule has 1 N–H and O–H groups in total. The van der Waals surface area contributed by atoms with Crippen LogP contribution in [0.3, 0.4) is 0 Å². The summed E-state index contributed by atoms with van der Waals surface area (Å²) in [5.41, 5.74) is 1.58. The molecule has 0 fully saturated rings. The topological polar surface area (TPSA) is 61.6 Å². The van der Waals surface area contributed by atoms with Crippen LogP contribution in [0, 0.1) is 25.2 Å². The van der Waals surface area contributed by atoms with E-state index in [4.69, 9.17) is 5.26 Å². The highest BCUT2D eigenvalue weighted by Gasteiger charge is 2.19. The molecule has 0 bridgehead atoms. The Hall–Kier alpha value is -1.12. The van der Waals surface area contributed by atoms with Crippen molar-refractivity contribution < 1.29 is 0 Å². The second-order valence-corrected chi connectivity index (χ2v) is 5.64. The van der Waals surface area contributed by atoms with E-state index in [0.29, 0.717) is 0 Å². The van der Waals surface area contributed by atoms with Crippen LogP contribution in [0.15, 0.2) is 11.2 Å². The molecule has 1 aromatic heterocycles. The van der Waals surface area contributed by atoms with Crippen LogP contribution in [0.25, 0.3) is 0 Å². The number of thioether (sulfide) groups is 1. The van der Waals surface area contributed by atoms with Gasteiger partial charge in [0.1, 0.15) is 5.54 Å². The molecule has 1 heterocycles. The Balaban J connectivity index is 2.41. The minimum absolute atomic E-state index is 0.427. The van der Waals surface area contributed by atoms with Gasteiger partial charge in [0, 0.05) is 17.1 Å². The maximum atomic E-state index is 9.03. The van der Waals surface area contributed by atoms with E-state index in [1.54, 1.807) is 11.8 Å². The predicted molar refractivity (Wildman–Crippen MR) is 74.5 cm³/mol. The number of nitrogens with one attached hydrogen (secondary N) is 1. The Bertz CT molecular complexity index is 421. The largest absolute Gasteiger partial charge is 0.303 e. The number of rotatable bonds is 6. The minimum Gasteiger partial charge on any atom is -0.303 e. The standard InChI is InChI=1S/C13H20N4S/c1-10-8-11(2)17-12(16-10)18-7-5-6-13(3,9-14)15-4/h8,15H,5-7H2,1-4H3. The first kappa shape index (κ1) is 14.9. The smallest absolute Gasteiger partial charge is 0.187 e. The molecule has 18 heavy (non-hydrogen) atoms. The third kappa shape index (κ3) is 4.63. The van der Waals surface area contributed by atoms with Crippen LogP contribution in [0.4, 0.5) is 0 Å². The van der Waals surface area contributed by atoms with Gasteiger partial charge in [0.2, 0.25) is 0 Å². The molecule has 0 saturated carbocycles. The number of nitriles is 1. The lowest BCUT2D eigenvalue weighted by molar-refractivity contribution is 0.451. The molecule has 0 spiro atoms. The summed E-state index contributed by atoms with van der Waals surface area (Å²) in [7, 11) is 1.82. The molecule has 0 aliphatic heterocycles. The molecule has 98 valence electrons. The lowest BCUT2D eigenvalue weighted by Crippen LogP contribution is -2.37. The highest BCUT2D eigenvalue weighted by atomic mass is 32.2. The van der Waals surface area contributed by atoms with E-state index in [0.717, 1.165) is 35.1 Å². The van der Waals surface area contributed by atoms with Crippen LogP contribution in [-0.4, -0.2) is 28.3 Å². The van der Waals surface area contributed by atoms with Gasteiger partial charge in [0.05, 0.1) is 6.07 Å². The number of aromatic nitrogens is 2. The van der Waals surface area contributed by atoms with Crippen molar-refractivity contribution in [3.05, 3.63) is 17.5 Å². The third-order valence-corrected chi connectivity index (χ3v) is 3.75. The monoisotopic (exact) mass is 264 g/mol. The Morgan fingerprint density at radius 3 is 2.50 bits per heavy atom. The maximum Gasteiger partial charge on any atom is 0.187 e. The van der Waals surface area contributed by atoms with Crippen molar-refractivity contribution in [1.29, 1.82) is 5.26 Å². The van der Waals surface area contributed by atoms with E-state index in [1.807, 2.05) is 33.9 Å². The normalized spacial score (nSPS) is 13.9. The van der Waals surface area contributed by atoms with Crippen molar-refractivity contribution in [2.75, 3.05) is 12.8 Å². The zero-order valence-corrected chi connectivity index (χ0v) is 12.3. The fourth-order valence-electron chi connectivity index (χ4n) is 1.58.